The van der Waals surface area contributed by atoms with E-state index in [-0.39, 0.29) is 23.9 Å². The Balaban J connectivity index is 1.57. The van der Waals surface area contributed by atoms with E-state index < -0.39 is 24.4 Å². The average Bonchev–Trinajstić information content (AvgIpc) is 3.08. The van der Waals surface area contributed by atoms with Crippen molar-refractivity contribution in [3.8, 4) is 0 Å². The molecule has 30 heavy (non-hydrogen) atoms. The molecule has 1 saturated heterocycles. The molecule has 0 saturated carbocycles. The lowest BCUT2D eigenvalue weighted by atomic mass is 10.1. The Morgan fingerprint density at radius 1 is 1.23 bits per heavy atom. The SMILES string of the molecule is Cc1cc(NC(=O)COC(=O)[C@@H]2CC(=O)N(c3cccc(Cl)c3Cl)C2)cc(C)c1Br. The first-order chi connectivity index (χ1) is 14.2. The second-order valence-corrected chi connectivity index (χ2v) is 8.64. The van der Waals surface area contributed by atoms with Crippen molar-refractivity contribution in [2.75, 3.05) is 23.4 Å². The number of rotatable bonds is 5. The Kier molecular flexibility index (Phi) is 7.06. The Labute approximate surface area is 192 Å². The van der Waals surface area contributed by atoms with Gasteiger partial charge in [-0.3, -0.25) is 14.4 Å². The van der Waals surface area contributed by atoms with Crippen LogP contribution in [0.5, 0.6) is 0 Å². The molecule has 2 aromatic carbocycles. The number of halogens is 3. The van der Waals surface area contributed by atoms with Crippen molar-refractivity contribution in [2.45, 2.75) is 20.3 Å². The molecule has 0 aliphatic carbocycles. The van der Waals surface area contributed by atoms with Gasteiger partial charge in [0.25, 0.3) is 5.91 Å². The van der Waals surface area contributed by atoms with Crippen LogP contribution in [-0.2, 0) is 19.1 Å². The number of esters is 1. The van der Waals surface area contributed by atoms with Crippen molar-refractivity contribution in [1.82, 2.24) is 0 Å². The molecule has 1 aliphatic heterocycles. The number of hydrogen-bond acceptors (Lipinski definition) is 4. The third-order valence-electron chi connectivity index (χ3n) is 4.75. The predicted molar refractivity (Wildman–Crippen MR) is 120 cm³/mol. The summed E-state index contributed by atoms with van der Waals surface area (Å²) in [6.45, 7) is 3.52. The summed E-state index contributed by atoms with van der Waals surface area (Å²) in [7, 11) is 0. The van der Waals surface area contributed by atoms with Crippen LogP contribution in [-0.4, -0.2) is 30.9 Å². The number of nitrogens with one attached hydrogen (secondary N) is 1. The van der Waals surface area contributed by atoms with Crippen LogP contribution in [0.15, 0.2) is 34.8 Å². The van der Waals surface area contributed by atoms with Crippen LogP contribution in [0.25, 0.3) is 0 Å². The molecule has 6 nitrogen and oxygen atoms in total. The molecule has 0 bridgehead atoms. The van der Waals surface area contributed by atoms with Crippen molar-refractivity contribution in [1.29, 1.82) is 0 Å². The second-order valence-electron chi connectivity index (χ2n) is 7.06. The molecule has 1 heterocycles. The highest BCUT2D eigenvalue weighted by Gasteiger charge is 2.37. The largest absolute Gasteiger partial charge is 0.455 e. The molecule has 0 spiro atoms. The second kappa shape index (κ2) is 9.37. The first-order valence-electron chi connectivity index (χ1n) is 9.15. The number of carbonyl (C=O) groups excluding carboxylic acids is 3. The summed E-state index contributed by atoms with van der Waals surface area (Å²) in [5.74, 6) is -2.00. The zero-order valence-corrected chi connectivity index (χ0v) is 19.4. The summed E-state index contributed by atoms with van der Waals surface area (Å²) < 4.78 is 6.11. The fraction of sp³-hybridized carbons (Fsp3) is 0.286. The molecular weight excluding hydrogens is 495 g/mol. The highest BCUT2D eigenvalue weighted by atomic mass is 79.9. The quantitative estimate of drug-likeness (QED) is 0.576. The standard InChI is InChI=1S/C21H19BrCl2N2O4/c1-11-6-14(7-12(2)19(11)22)25-17(27)10-30-21(29)13-8-18(28)26(9-13)16-5-3-4-15(23)20(16)24/h3-7,13H,8-10H2,1-2H3,(H,25,27)/t13-/m1/s1. The van der Waals surface area contributed by atoms with Gasteiger partial charge in [0.1, 0.15) is 0 Å². The molecule has 1 N–H and O–H groups in total. The number of anilines is 2. The normalized spacial score (nSPS) is 16.0. The number of ether oxygens (including phenoxy) is 1. The fourth-order valence-electron chi connectivity index (χ4n) is 3.27. The average molecular weight is 514 g/mol. The Bertz CT molecular complexity index is 1010. The number of hydrogen-bond donors (Lipinski definition) is 1. The van der Waals surface area contributed by atoms with E-state index in [4.69, 9.17) is 27.9 Å². The molecule has 0 radical (unpaired) electrons. The number of benzene rings is 2. The van der Waals surface area contributed by atoms with Crippen molar-refractivity contribution in [3.05, 3.63) is 56.0 Å². The van der Waals surface area contributed by atoms with Crippen LogP contribution in [0.2, 0.25) is 10.0 Å². The Morgan fingerprint density at radius 2 is 1.90 bits per heavy atom. The van der Waals surface area contributed by atoms with Gasteiger partial charge in [-0.05, 0) is 49.2 Å². The van der Waals surface area contributed by atoms with Crippen LogP contribution in [0.1, 0.15) is 17.5 Å². The molecule has 1 fully saturated rings. The monoisotopic (exact) mass is 512 g/mol. The third-order valence-corrected chi connectivity index (χ3v) is 6.81. The molecule has 2 amide bonds. The van der Waals surface area contributed by atoms with Crippen LogP contribution in [0.3, 0.4) is 0 Å². The summed E-state index contributed by atoms with van der Waals surface area (Å²) in [5.41, 5.74) is 3.02. The lowest BCUT2D eigenvalue weighted by Gasteiger charge is -2.18. The molecule has 2 aromatic rings. The van der Waals surface area contributed by atoms with E-state index in [0.717, 1.165) is 15.6 Å². The lowest BCUT2D eigenvalue weighted by molar-refractivity contribution is -0.151. The van der Waals surface area contributed by atoms with Gasteiger partial charge in [-0.25, -0.2) is 0 Å². The first-order valence-corrected chi connectivity index (χ1v) is 10.7. The van der Waals surface area contributed by atoms with Crippen LogP contribution in [0, 0.1) is 19.8 Å². The zero-order valence-electron chi connectivity index (χ0n) is 16.3. The number of aryl methyl sites for hydroxylation is 2. The summed E-state index contributed by atoms with van der Waals surface area (Å²) in [6, 6.07) is 8.60. The van der Waals surface area contributed by atoms with E-state index in [2.05, 4.69) is 21.2 Å². The number of carbonyl (C=O) groups is 3. The zero-order chi connectivity index (χ0) is 22.0. The minimum atomic E-state index is -0.683. The summed E-state index contributed by atoms with van der Waals surface area (Å²) in [4.78, 5) is 38.3. The maximum absolute atomic E-state index is 12.4. The van der Waals surface area contributed by atoms with Gasteiger partial charge in [0, 0.05) is 23.1 Å². The van der Waals surface area contributed by atoms with E-state index in [9.17, 15) is 14.4 Å². The maximum atomic E-state index is 12.4. The van der Waals surface area contributed by atoms with E-state index >= 15 is 0 Å². The number of nitrogens with zero attached hydrogens (tertiary/aromatic N) is 1. The Morgan fingerprint density at radius 3 is 2.57 bits per heavy atom. The fourth-order valence-corrected chi connectivity index (χ4v) is 3.90. The lowest BCUT2D eigenvalue weighted by Crippen LogP contribution is -2.28. The van der Waals surface area contributed by atoms with Crippen LogP contribution < -0.4 is 10.2 Å². The summed E-state index contributed by atoms with van der Waals surface area (Å²) in [6.07, 6.45) is -0.0194. The van der Waals surface area contributed by atoms with Gasteiger partial charge in [-0.1, -0.05) is 45.2 Å². The highest BCUT2D eigenvalue weighted by molar-refractivity contribution is 9.10. The van der Waals surface area contributed by atoms with E-state index in [1.165, 1.54) is 4.90 Å². The number of amides is 2. The van der Waals surface area contributed by atoms with Crippen molar-refractivity contribution in [3.63, 3.8) is 0 Å². The van der Waals surface area contributed by atoms with Crippen LogP contribution >= 0.6 is 39.1 Å². The minimum absolute atomic E-state index is 0.0194. The predicted octanol–water partition coefficient (Wildman–Crippen LogP) is 4.91. The Hall–Kier alpha value is -2.09. The van der Waals surface area contributed by atoms with Gasteiger partial charge in [-0.15, -0.1) is 0 Å². The van der Waals surface area contributed by atoms with Crippen LogP contribution in [0.4, 0.5) is 11.4 Å². The molecular formula is C21H19BrCl2N2O4. The van der Waals surface area contributed by atoms with Gasteiger partial charge >= 0.3 is 5.97 Å². The first kappa shape index (κ1) is 22.6. The van der Waals surface area contributed by atoms with Gasteiger partial charge in [0.15, 0.2) is 6.61 Å². The molecule has 3 rings (SSSR count). The van der Waals surface area contributed by atoms with E-state index in [1.54, 1.807) is 18.2 Å². The molecule has 1 atom stereocenters. The van der Waals surface area contributed by atoms with Gasteiger partial charge in [0.2, 0.25) is 5.91 Å². The molecule has 9 heteroatoms. The van der Waals surface area contributed by atoms with E-state index in [0.29, 0.717) is 16.4 Å². The molecule has 0 aromatic heterocycles. The molecule has 0 unspecified atom stereocenters. The highest BCUT2D eigenvalue weighted by Crippen LogP contribution is 2.36. The minimum Gasteiger partial charge on any atom is -0.455 e. The smallest absolute Gasteiger partial charge is 0.311 e. The van der Waals surface area contributed by atoms with Gasteiger partial charge in [0.05, 0.1) is 21.7 Å². The van der Waals surface area contributed by atoms with Crippen molar-refractivity contribution < 1.29 is 19.1 Å². The van der Waals surface area contributed by atoms with Gasteiger partial charge in [-0.2, -0.15) is 0 Å². The third kappa shape index (κ3) is 4.96. The van der Waals surface area contributed by atoms with Crippen molar-refractivity contribution >= 4 is 68.3 Å². The van der Waals surface area contributed by atoms with E-state index in [1.807, 2.05) is 26.0 Å². The maximum Gasteiger partial charge on any atom is 0.311 e. The molecule has 1 aliphatic rings. The summed E-state index contributed by atoms with van der Waals surface area (Å²) >= 11 is 15.7. The van der Waals surface area contributed by atoms with Gasteiger partial charge < -0.3 is 15.0 Å². The van der Waals surface area contributed by atoms with Crippen molar-refractivity contribution in [2.24, 2.45) is 5.92 Å². The topological polar surface area (TPSA) is 75.7 Å². The molecule has 158 valence electrons. The summed E-state index contributed by atoms with van der Waals surface area (Å²) in [5, 5.41) is 3.28.